The molecule has 0 radical (unpaired) electrons. The maximum atomic E-state index is 12.3. The summed E-state index contributed by atoms with van der Waals surface area (Å²) < 4.78 is 5.72. The van der Waals surface area contributed by atoms with Crippen LogP contribution in [0.5, 0.6) is 5.75 Å². The van der Waals surface area contributed by atoms with Gasteiger partial charge in [0.2, 0.25) is 0 Å². The van der Waals surface area contributed by atoms with Gasteiger partial charge in [-0.2, -0.15) is 0 Å². The number of amidine groups is 1. The molecule has 120 valence electrons. The van der Waals surface area contributed by atoms with Gasteiger partial charge in [-0.25, -0.2) is 4.98 Å². The van der Waals surface area contributed by atoms with E-state index in [0.717, 1.165) is 28.7 Å². The normalized spacial score (nSPS) is 13.7. The largest absolute Gasteiger partial charge is 0.486 e. The molecule has 0 bridgehead atoms. The highest BCUT2D eigenvalue weighted by atomic mass is 32.2. The van der Waals surface area contributed by atoms with Crippen LogP contribution in [0.15, 0.2) is 29.3 Å². The number of aliphatic imine (C=N–C) groups is 1. The van der Waals surface area contributed by atoms with Gasteiger partial charge in [0.1, 0.15) is 22.2 Å². The van der Waals surface area contributed by atoms with Crippen molar-refractivity contribution in [2.24, 2.45) is 4.99 Å². The molecule has 1 aromatic heterocycles. The molecule has 0 unspecified atom stereocenters. The first-order valence-electron chi connectivity index (χ1n) is 7.26. The Morgan fingerprint density at radius 2 is 2.09 bits per heavy atom. The van der Waals surface area contributed by atoms with Crippen molar-refractivity contribution < 1.29 is 9.53 Å². The number of nitrogens with one attached hydrogen (secondary N) is 1. The molecular weight excluding hydrogens is 330 g/mol. The van der Waals surface area contributed by atoms with Gasteiger partial charge in [-0.3, -0.25) is 9.79 Å². The van der Waals surface area contributed by atoms with Gasteiger partial charge in [-0.05, 0) is 26.0 Å². The Labute approximate surface area is 143 Å². The van der Waals surface area contributed by atoms with Crippen molar-refractivity contribution in [3.63, 3.8) is 0 Å². The van der Waals surface area contributed by atoms with Crippen LogP contribution in [0, 0.1) is 13.8 Å². The lowest BCUT2D eigenvalue weighted by molar-refractivity contribution is 0.0981. The van der Waals surface area contributed by atoms with Crippen LogP contribution >= 0.6 is 23.1 Å². The van der Waals surface area contributed by atoms with E-state index in [1.54, 1.807) is 11.8 Å². The Balaban J connectivity index is 1.63. The second-order valence-electron chi connectivity index (χ2n) is 5.11. The monoisotopic (exact) mass is 347 g/mol. The van der Waals surface area contributed by atoms with Crippen LogP contribution in [0.2, 0.25) is 0 Å². The van der Waals surface area contributed by atoms with Gasteiger partial charge < -0.3 is 10.1 Å². The lowest BCUT2D eigenvalue weighted by Gasteiger charge is -2.03. The number of hydrogen-bond donors (Lipinski definition) is 1. The number of aryl methyl sites for hydroxylation is 2. The Bertz CT molecular complexity index is 738. The molecule has 0 aliphatic carbocycles. The Kier molecular flexibility index (Phi) is 4.97. The second-order valence-corrected chi connectivity index (χ2v) is 7.28. The van der Waals surface area contributed by atoms with E-state index in [4.69, 9.17) is 4.74 Å². The summed E-state index contributed by atoms with van der Waals surface area (Å²) in [6.45, 7) is 4.99. The van der Waals surface area contributed by atoms with Gasteiger partial charge in [0, 0.05) is 5.75 Å². The average molecular weight is 347 g/mol. The van der Waals surface area contributed by atoms with E-state index in [1.165, 1.54) is 16.9 Å². The highest BCUT2D eigenvalue weighted by Gasteiger charge is 2.18. The standard InChI is InChI=1S/C16H17N3O2S2/c1-10-3-5-12(6-4-10)21-9-13-18-11(2)14(23-13)15(20)19-16-17-7-8-22-16/h3-6H,7-9H2,1-2H3,(H,17,19,20). The van der Waals surface area contributed by atoms with Crippen molar-refractivity contribution in [3.05, 3.63) is 45.4 Å². The minimum atomic E-state index is -0.144. The summed E-state index contributed by atoms with van der Waals surface area (Å²) >= 11 is 2.93. The number of rotatable bonds is 4. The minimum absolute atomic E-state index is 0.144. The predicted octanol–water partition coefficient (Wildman–Crippen LogP) is 3.17. The van der Waals surface area contributed by atoms with Gasteiger partial charge >= 0.3 is 0 Å². The SMILES string of the molecule is Cc1ccc(OCc2nc(C)c(C(=O)NC3=NCCS3)s2)cc1. The smallest absolute Gasteiger partial charge is 0.269 e. The summed E-state index contributed by atoms with van der Waals surface area (Å²) in [7, 11) is 0. The molecule has 0 saturated heterocycles. The molecule has 2 aromatic rings. The fourth-order valence-electron chi connectivity index (χ4n) is 2.07. The predicted molar refractivity (Wildman–Crippen MR) is 94.6 cm³/mol. The number of thiazole rings is 1. The number of amides is 1. The van der Waals surface area contributed by atoms with E-state index < -0.39 is 0 Å². The minimum Gasteiger partial charge on any atom is -0.486 e. The number of aromatic nitrogens is 1. The number of nitrogens with zero attached hydrogens (tertiary/aromatic N) is 2. The first kappa shape index (κ1) is 16.0. The van der Waals surface area contributed by atoms with Gasteiger partial charge in [0.05, 0.1) is 12.2 Å². The first-order chi connectivity index (χ1) is 11.1. The molecule has 1 N–H and O–H groups in total. The van der Waals surface area contributed by atoms with Crippen molar-refractivity contribution in [2.45, 2.75) is 20.5 Å². The lowest BCUT2D eigenvalue weighted by Crippen LogP contribution is -2.27. The fraction of sp³-hybridized carbons (Fsp3) is 0.312. The van der Waals surface area contributed by atoms with E-state index in [1.807, 2.05) is 38.1 Å². The van der Waals surface area contributed by atoms with Crippen LogP contribution in [0.1, 0.15) is 25.9 Å². The van der Waals surface area contributed by atoms with Gasteiger partial charge in [-0.15, -0.1) is 11.3 Å². The molecule has 1 aliphatic heterocycles. The zero-order valence-corrected chi connectivity index (χ0v) is 14.6. The second kappa shape index (κ2) is 7.14. The number of benzene rings is 1. The molecule has 2 heterocycles. The maximum absolute atomic E-state index is 12.3. The van der Waals surface area contributed by atoms with Crippen LogP contribution in [0.4, 0.5) is 0 Å². The van der Waals surface area contributed by atoms with Crippen LogP contribution < -0.4 is 10.1 Å². The van der Waals surface area contributed by atoms with E-state index in [0.29, 0.717) is 16.7 Å². The Morgan fingerprint density at radius 1 is 1.30 bits per heavy atom. The van der Waals surface area contributed by atoms with Crippen molar-refractivity contribution >= 4 is 34.2 Å². The molecule has 7 heteroatoms. The summed E-state index contributed by atoms with van der Waals surface area (Å²) in [6, 6.07) is 7.86. The number of ether oxygens (including phenoxy) is 1. The van der Waals surface area contributed by atoms with Crippen molar-refractivity contribution in [1.29, 1.82) is 0 Å². The first-order valence-corrected chi connectivity index (χ1v) is 9.06. The van der Waals surface area contributed by atoms with Crippen molar-refractivity contribution in [1.82, 2.24) is 10.3 Å². The maximum Gasteiger partial charge on any atom is 0.269 e. The molecule has 1 aliphatic rings. The van der Waals surface area contributed by atoms with Crippen LogP contribution in [-0.4, -0.2) is 28.4 Å². The molecule has 23 heavy (non-hydrogen) atoms. The third kappa shape index (κ3) is 4.11. The lowest BCUT2D eigenvalue weighted by atomic mass is 10.2. The Hall–Kier alpha value is -1.86. The molecule has 0 spiro atoms. The quantitative estimate of drug-likeness (QED) is 0.923. The summed E-state index contributed by atoms with van der Waals surface area (Å²) in [4.78, 5) is 21.5. The fourth-order valence-corrected chi connectivity index (χ4v) is 3.67. The number of thioether (sulfide) groups is 1. The van der Waals surface area contributed by atoms with E-state index >= 15 is 0 Å². The van der Waals surface area contributed by atoms with E-state index in [-0.39, 0.29) is 5.91 Å². The number of hydrogen-bond acceptors (Lipinski definition) is 6. The molecule has 0 fully saturated rings. The zero-order valence-electron chi connectivity index (χ0n) is 13.0. The third-order valence-electron chi connectivity index (χ3n) is 3.24. The van der Waals surface area contributed by atoms with Crippen LogP contribution in [-0.2, 0) is 6.61 Å². The Morgan fingerprint density at radius 3 is 2.78 bits per heavy atom. The van der Waals surface area contributed by atoms with Crippen molar-refractivity contribution in [2.75, 3.05) is 12.3 Å². The zero-order chi connectivity index (χ0) is 16.2. The molecule has 5 nitrogen and oxygen atoms in total. The topological polar surface area (TPSA) is 63.6 Å². The third-order valence-corrected chi connectivity index (χ3v) is 5.26. The molecule has 0 atom stereocenters. The summed E-state index contributed by atoms with van der Waals surface area (Å²) in [5.74, 6) is 1.58. The van der Waals surface area contributed by atoms with Crippen molar-refractivity contribution in [3.8, 4) is 5.75 Å². The molecule has 0 saturated carbocycles. The molecule has 1 aromatic carbocycles. The van der Waals surface area contributed by atoms with Gasteiger partial charge in [0.25, 0.3) is 5.91 Å². The van der Waals surface area contributed by atoms with E-state index in [2.05, 4.69) is 15.3 Å². The highest BCUT2D eigenvalue weighted by molar-refractivity contribution is 8.14. The number of carbonyl (C=O) groups excluding carboxylic acids is 1. The summed E-state index contributed by atoms with van der Waals surface area (Å²) in [5.41, 5.74) is 1.91. The van der Waals surface area contributed by atoms with Gasteiger partial charge in [0.15, 0.2) is 5.17 Å². The highest BCUT2D eigenvalue weighted by Crippen LogP contribution is 2.21. The molecule has 1 amide bonds. The molecule has 3 rings (SSSR count). The molecular formula is C16H17N3O2S2. The van der Waals surface area contributed by atoms with Crippen LogP contribution in [0.3, 0.4) is 0 Å². The average Bonchev–Trinajstić information content (AvgIpc) is 3.16. The van der Waals surface area contributed by atoms with Crippen LogP contribution in [0.25, 0.3) is 0 Å². The van der Waals surface area contributed by atoms with E-state index in [9.17, 15) is 4.79 Å². The summed E-state index contributed by atoms with van der Waals surface area (Å²) in [6.07, 6.45) is 0. The number of carbonyl (C=O) groups is 1. The van der Waals surface area contributed by atoms with Gasteiger partial charge in [-0.1, -0.05) is 29.5 Å². The summed E-state index contributed by atoms with van der Waals surface area (Å²) in [5, 5.41) is 4.31.